The van der Waals surface area contributed by atoms with Crippen molar-refractivity contribution in [3.8, 4) is 0 Å². The number of hydrogen-bond donors (Lipinski definition) is 2. The van der Waals surface area contributed by atoms with Gasteiger partial charge in [0.15, 0.2) is 0 Å². The molecule has 0 aliphatic carbocycles. The fourth-order valence-electron chi connectivity index (χ4n) is 1.68. The van der Waals surface area contributed by atoms with Crippen LogP contribution in [0.3, 0.4) is 0 Å². The maximum Gasteiger partial charge on any atom is 0.306 e. The van der Waals surface area contributed by atoms with E-state index in [1.807, 2.05) is 0 Å². The zero-order valence-electron chi connectivity index (χ0n) is 11.1. The van der Waals surface area contributed by atoms with Crippen LogP contribution in [0.1, 0.15) is 35.7 Å². The highest BCUT2D eigenvalue weighted by atomic mass is 35.5. The van der Waals surface area contributed by atoms with Gasteiger partial charge < -0.3 is 10.4 Å². The van der Waals surface area contributed by atoms with Crippen molar-refractivity contribution in [1.29, 1.82) is 0 Å². The molecule has 1 rings (SSSR count). The lowest BCUT2D eigenvalue weighted by Gasteiger charge is -2.09. The summed E-state index contributed by atoms with van der Waals surface area (Å²) in [5.74, 6) is -1.37. The molecule has 0 saturated carbocycles. The molecule has 0 radical (unpaired) electrons. The van der Waals surface area contributed by atoms with E-state index in [-0.39, 0.29) is 11.8 Å². The second-order valence-electron chi connectivity index (χ2n) is 4.55. The molecule has 0 aliphatic heterocycles. The van der Waals surface area contributed by atoms with Crippen LogP contribution in [0.5, 0.6) is 0 Å². The van der Waals surface area contributed by atoms with E-state index in [1.165, 1.54) is 0 Å². The fourth-order valence-corrected chi connectivity index (χ4v) is 1.86. The maximum absolute atomic E-state index is 11.9. The number of rotatable bonds is 6. The molecule has 0 aromatic heterocycles. The minimum Gasteiger partial charge on any atom is -0.481 e. The number of halogens is 1. The van der Waals surface area contributed by atoms with Gasteiger partial charge in [-0.1, -0.05) is 24.6 Å². The molecule has 0 heterocycles. The van der Waals surface area contributed by atoms with Gasteiger partial charge in [0.2, 0.25) is 0 Å². The topological polar surface area (TPSA) is 66.4 Å². The van der Waals surface area contributed by atoms with Crippen molar-refractivity contribution in [2.45, 2.75) is 26.7 Å². The third-order valence-electron chi connectivity index (χ3n) is 3.03. The molecule has 1 unspecified atom stereocenters. The van der Waals surface area contributed by atoms with Gasteiger partial charge in [-0.15, -0.1) is 0 Å². The van der Waals surface area contributed by atoms with Crippen LogP contribution < -0.4 is 5.32 Å². The number of amides is 1. The Morgan fingerprint density at radius 2 is 2.11 bits per heavy atom. The smallest absolute Gasteiger partial charge is 0.306 e. The lowest BCUT2D eigenvalue weighted by molar-refractivity contribution is -0.141. The highest BCUT2D eigenvalue weighted by molar-refractivity contribution is 6.31. The van der Waals surface area contributed by atoms with Gasteiger partial charge in [0.05, 0.1) is 5.92 Å². The molecular formula is C14H18ClNO3. The molecular weight excluding hydrogens is 266 g/mol. The third-order valence-corrected chi connectivity index (χ3v) is 3.44. The lowest BCUT2D eigenvalue weighted by Crippen LogP contribution is -2.26. The predicted molar refractivity (Wildman–Crippen MR) is 74.6 cm³/mol. The Balaban J connectivity index is 2.44. The molecule has 2 N–H and O–H groups in total. The first kappa shape index (κ1) is 15.5. The second-order valence-corrected chi connectivity index (χ2v) is 4.96. The normalized spacial score (nSPS) is 11.9. The van der Waals surface area contributed by atoms with E-state index in [0.29, 0.717) is 30.0 Å². The van der Waals surface area contributed by atoms with Gasteiger partial charge in [0, 0.05) is 17.1 Å². The second kappa shape index (κ2) is 7.14. The van der Waals surface area contributed by atoms with E-state index >= 15 is 0 Å². The van der Waals surface area contributed by atoms with E-state index < -0.39 is 5.97 Å². The van der Waals surface area contributed by atoms with Crippen LogP contribution in [0.25, 0.3) is 0 Å². The van der Waals surface area contributed by atoms with E-state index in [4.69, 9.17) is 16.7 Å². The summed E-state index contributed by atoms with van der Waals surface area (Å²) in [6.45, 7) is 3.91. The molecule has 1 aromatic carbocycles. The van der Waals surface area contributed by atoms with Crippen LogP contribution >= 0.6 is 11.6 Å². The molecule has 1 amide bonds. The quantitative estimate of drug-likeness (QED) is 0.789. The fraction of sp³-hybridized carbons (Fsp3) is 0.429. The van der Waals surface area contributed by atoms with Crippen LogP contribution in [0, 0.1) is 12.8 Å². The molecule has 104 valence electrons. The molecule has 1 atom stereocenters. The van der Waals surface area contributed by atoms with Crippen LogP contribution in [-0.4, -0.2) is 23.5 Å². The van der Waals surface area contributed by atoms with E-state index in [1.54, 1.807) is 32.0 Å². The molecule has 0 aliphatic rings. The highest BCUT2D eigenvalue weighted by Crippen LogP contribution is 2.18. The van der Waals surface area contributed by atoms with Crippen molar-refractivity contribution < 1.29 is 14.7 Å². The molecule has 0 fully saturated rings. The van der Waals surface area contributed by atoms with Crippen molar-refractivity contribution in [3.05, 3.63) is 34.3 Å². The summed E-state index contributed by atoms with van der Waals surface area (Å²) in [7, 11) is 0. The van der Waals surface area contributed by atoms with Crippen LogP contribution in [0.4, 0.5) is 0 Å². The Morgan fingerprint density at radius 3 is 2.74 bits per heavy atom. The summed E-state index contributed by atoms with van der Waals surface area (Å²) in [6.07, 6.45) is 1.18. The van der Waals surface area contributed by atoms with E-state index in [2.05, 4.69) is 5.32 Å². The average molecular weight is 284 g/mol. The van der Waals surface area contributed by atoms with Gasteiger partial charge in [-0.25, -0.2) is 0 Å². The largest absolute Gasteiger partial charge is 0.481 e. The van der Waals surface area contributed by atoms with E-state index in [9.17, 15) is 9.59 Å². The van der Waals surface area contributed by atoms with Crippen LogP contribution in [-0.2, 0) is 4.79 Å². The number of benzene rings is 1. The minimum absolute atomic E-state index is 0.178. The Hall–Kier alpha value is -1.55. The highest BCUT2D eigenvalue weighted by Gasteiger charge is 2.12. The first-order valence-electron chi connectivity index (χ1n) is 6.19. The van der Waals surface area contributed by atoms with Gasteiger partial charge in [-0.3, -0.25) is 9.59 Å². The van der Waals surface area contributed by atoms with Gasteiger partial charge in [0.25, 0.3) is 5.91 Å². The predicted octanol–water partition coefficient (Wildman–Crippen LogP) is 2.88. The maximum atomic E-state index is 11.9. The first-order valence-corrected chi connectivity index (χ1v) is 6.57. The molecule has 19 heavy (non-hydrogen) atoms. The number of carbonyl (C=O) groups is 2. The molecule has 4 nitrogen and oxygen atoms in total. The molecule has 1 aromatic rings. The number of hydrogen-bond acceptors (Lipinski definition) is 2. The Bertz CT molecular complexity index is 474. The SMILES string of the molecule is Cc1c(Cl)cccc1C(=O)NCCCC(C)C(=O)O. The van der Waals surface area contributed by atoms with Gasteiger partial charge in [-0.2, -0.15) is 0 Å². The summed E-state index contributed by atoms with van der Waals surface area (Å²) in [5.41, 5.74) is 1.30. The summed E-state index contributed by atoms with van der Waals surface area (Å²) >= 11 is 5.95. The summed E-state index contributed by atoms with van der Waals surface area (Å²) in [5, 5.41) is 12.1. The Kier molecular flexibility index (Phi) is 5.83. The van der Waals surface area contributed by atoms with Gasteiger partial charge in [-0.05, 0) is 37.5 Å². The number of carbonyl (C=O) groups excluding carboxylic acids is 1. The van der Waals surface area contributed by atoms with Crippen molar-refractivity contribution in [2.75, 3.05) is 6.54 Å². The van der Waals surface area contributed by atoms with Crippen molar-refractivity contribution in [3.63, 3.8) is 0 Å². The van der Waals surface area contributed by atoms with Crippen molar-refractivity contribution in [1.82, 2.24) is 5.32 Å². The van der Waals surface area contributed by atoms with Gasteiger partial charge in [0.1, 0.15) is 0 Å². The summed E-state index contributed by atoms with van der Waals surface area (Å²) in [6, 6.07) is 5.19. The summed E-state index contributed by atoms with van der Waals surface area (Å²) < 4.78 is 0. The van der Waals surface area contributed by atoms with Crippen LogP contribution in [0.15, 0.2) is 18.2 Å². The number of aliphatic carboxylic acids is 1. The first-order chi connectivity index (χ1) is 8.93. The van der Waals surface area contributed by atoms with E-state index in [0.717, 1.165) is 5.56 Å². The monoisotopic (exact) mass is 283 g/mol. The molecule has 5 heteroatoms. The Morgan fingerprint density at radius 1 is 1.42 bits per heavy atom. The number of carboxylic acids is 1. The standard InChI is InChI=1S/C14H18ClNO3/c1-9(14(18)19)5-4-8-16-13(17)11-6-3-7-12(15)10(11)2/h3,6-7,9H,4-5,8H2,1-2H3,(H,16,17)(H,18,19). The molecule has 0 bridgehead atoms. The molecule has 0 spiro atoms. The lowest BCUT2D eigenvalue weighted by atomic mass is 10.1. The Labute approximate surface area is 117 Å². The van der Waals surface area contributed by atoms with Crippen molar-refractivity contribution in [2.24, 2.45) is 5.92 Å². The van der Waals surface area contributed by atoms with Crippen LogP contribution in [0.2, 0.25) is 5.02 Å². The zero-order chi connectivity index (χ0) is 14.4. The minimum atomic E-state index is -0.808. The summed E-state index contributed by atoms with van der Waals surface area (Å²) in [4.78, 5) is 22.5. The third kappa shape index (κ3) is 4.56. The molecule has 0 saturated heterocycles. The number of carboxylic acid groups (broad SMARTS) is 1. The average Bonchev–Trinajstić information content (AvgIpc) is 2.37. The van der Waals surface area contributed by atoms with Gasteiger partial charge >= 0.3 is 5.97 Å². The zero-order valence-corrected chi connectivity index (χ0v) is 11.8. The number of nitrogens with one attached hydrogen (secondary N) is 1. The van der Waals surface area contributed by atoms with Crippen molar-refractivity contribution >= 4 is 23.5 Å².